The molecule has 0 aliphatic heterocycles. The van der Waals surface area contributed by atoms with Crippen LogP contribution in [0.4, 0.5) is 11.5 Å². The highest BCUT2D eigenvalue weighted by molar-refractivity contribution is 6.30. The molecule has 0 aromatic carbocycles. The Kier molecular flexibility index (Phi) is 7.77. The first-order valence-electron chi connectivity index (χ1n) is 11.5. The number of nitrogens with one attached hydrogen (secondary N) is 2. The first-order chi connectivity index (χ1) is 16.5. The number of hydrogen-bond donors (Lipinski definition) is 3. The van der Waals surface area contributed by atoms with Gasteiger partial charge in [-0.2, -0.15) is 0 Å². The second-order valence-corrected chi connectivity index (χ2v) is 9.03. The average molecular weight is 485 g/mol. The third kappa shape index (κ3) is 5.55. The van der Waals surface area contributed by atoms with E-state index in [0.717, 1.165) is 38.6 Å². The van der Waals surface area contributed by atoms with Crippen LogP contribution in [0.1, 0.15) is 42.7 Å². The van der Waals surface area contributed by atoms with Gasteiger partial charge in [-0.15, -0.1) is 0 Å². The van der Waals surface area contributed by atoms with Gasteiger partial charge in [0.1, 0.15) is 17.0 Å². The van der Waals surface area contributed by atoms with Gasteiger partial charge in [0, 0.05) is 24.4 Å². The van der Waals surface area contributed by atoms with E-state index in [9.17, 15) is 9.59 Å². The summed E-state index contributed by atoms with van der Waals surface area (Å²) in [7, 11) is 2.12. The summed E-state index contributed by atoms with van der Waals surface area (Å²) >= 11 is 5.87. The van der Waals surface area contributed by atoms with Crippen LogP contribution < -0.4 is 16.4 Å². The Hall–Kier alpha value is -3.01. The van der Waals surface area contributed by atoms with E-state index in [1.807, 2.05) is 0 Å². The Labute approximate surface area is 203 Å². The van der Waals surface area contributed by atoms with Crippen molar-refractivity contribution in [1.29, 1.82) is 0 Å². The zero-order valence-electron chi connectivity index (χ0n) is 19.1. The number of carbonyl (C=O) groups is 2. The molecule has 0 spiro atoms. The SMILES string of the molecule is CN(CCCN)C1CCC(C(=O)Nc2c(C(=O)Nc3ccc(Cl)cn3)oc3cccnc23)CC1. The Morgan fingerprint density at radius 3 is 2.68 bits per heavy atom. The molecule has 0 saturated heterocycles. The molecule has 2 amide bonds. The number of pyridine rings is 2. The summed E-state index contributed by atoms with van der Waals surface area (Å²) in [5.74, 6) is -0.503. The number of furan rings is 1. The number of amides is 2. The molecule has 0 radical (unpaired) electrons. The van der Waals surface area contributed by atoms with E-state index >= 15 is 0 Å². The van der Waals surface area contributed by atoms with Crippen LogP contribution in [-0.2, 0) is 4.79 Å². The molecule has 3 heterocycles. The number of hydrogen-bond acceptors (Lipinski definition) is 7. The molecule has 1 fully saturated rings. The van der Waals surface area contributed by atoms with Gasteiger partial charge >= 0.3 is 0 Å². The van der Waals surface area contributed by atoms with E-state index < -0.39 is 5.91 Å². The highest BCUT2D eigenvalue weighted by Crippen LogP contribution is 2.33. The molecular formula is C24H29ClN6O3. The molecule has 3 aromatic heterocycles. The molecule has 9 nitrogen and oxygen atoms in total. The zero-order valence-corrected chi connectivity index (χ0v) is 19.8. The summed E-state index contributed by atoms with van der Waals surface area (Å²) in [5, 5.41) is 6.07. The van der Waals surface area contributed by atoms with E-state index in [0.29, 0.717) is 34.5 Å². The molecule has 34 heavy (non-hydrogen) atoms. The molecule has 10 heteroatoms. The van der Waals surface area contributed by atoms with Gasteiger partial charge in [-0.25, -0.2) is 4.98 Å². The van der Waals surface area contributed by atoms with Crippen molar-refractivity contribution in [3.63, 3.8) is 0 Å². The van der Waals surface area contributed by atoms with Gasteiger partial charge in [-0.1, -0.05) is 11.6 Å². The Balaban J connectivity index is 1.47. The van der Waals surface area contributed by atoms with E-state index in [-0.39, 0.29) is 23.3 Å². The fraction of sp³-hybridized carbons (Fsp3) is 0.417. The van der Waals surface area contributed by atoms with Gasteiger partial charge in [0.25, 0.3) is 5.91 Å². The number of carbonyl (C=O) groups excluding carboxylic acids is 2. The number of anilines is 2. The lowest BCUT2D eigenvalue weighted by Crippen LogP contribution is -2.38. The summed E-state index contributed by atoms with van der Waals surface area (Å²) in [4.78, 5) is 36.9. The quantitative estimate of drug-likeness (QED) is 0.442. The lowest BCUT2D eigenvalue weighted by atomic mass is 9.84. The number of aromatic nitrogens is 2. The molecular weight excluding hydrogens is 456 g/mol. The molecule has 180 valence electrons. The second kappa shape index (κ2) is 10.9. The van der Waals surface area contributed by atoms with Crippen molar-refractivity contribution in [2.45, 2.75) is 38.1 Å². The minimum absolute atomic E-state index is 0.0194. The molecule has 4 N–H and O–H groups in total. The van der Waals surface area contributed by atoms with Crippen LogP contribution in [0.15, 0.2) is 41.1 Å². The predicted molar refractivity (Wildman–Crippen MR) is 132 cm³/mol. The van der Waals surface area contributed by atoms with Crippen LogP contribution in [0.2, 0.25) is 5.02 Å². The van der Waals surface area contributed by atoms with E-state index in [1.54, 1.807) is 30.5 Å². The Morgan fingerprint density at radius 1 is 1.18 bits per heavy atom. The number of halogens is 1. The fourth-order valence-corrected chi connectivity index (χ4v) is 4.47. The van der Waals surface area contributed by atoms with E-state index in [2.05, 4.69) is 32.5 Å². The number of nitrogens with two attached hydrogens (primary N) is 1. The number of rotatable bonds is 8. The second-order valence-electron chi connectivity index (χ2n) is 8.59. The summed E-state index contributed by atoms with van der Waals surface area (Å²) in [6.45, 7) is 1.64. The summed E-state index contributed by atoms with van der Waals surface area (Å²) in [5.41, 5.74) is 6.74. The van der Waals surface area contributed by atoms with Crippen molar-refractivity contribution in [3.8, 4) is 0 Å². The maximum atomic E-state index is 13.2. The standard InChI is InChI=1S/C24H29ClN6O3/c1-31(13-3-11-26)17-8-5-15(6-9-17)23(32)30-21-20-18(4-2-12-27-20)34-22(21)24(33)29-19-10-7-16(25)14-28-19/h2,4,7,10,12,14-15,17H,3,5-6,8-9,11,13,26H2,1H3,(H,30,32)(H,28,29,33). The van der Waals surface area contributed by atoms with Crippen LogP contribution in [0.5, 0.6) is 0 Å². The van der Waals surface area contributed by atoms with Crippen molar-refractivity contribution in [1.82, 2.24) is 14.9 Å². The molecule has 3 aromatic rings. The Bertz CT molecular complexity index is 1140. The van der Waals surface area contributed by atoms with E-state index in [1.165, 1.54) is 6.20 Å². The van der Waals surface area contributed by atoms with Gasteiger partial charge < -0.3 is 25.7 Å². The number of fused-ring (bicyclic) bond motifs is 1. The third-order valence-corrected chi connectivity index (χ3v) is 6.50. The van der Waals surface area contributed by atoms with E-state index in [4.69, 9.17) is 21.8 Å². The molecule has 1 saturated carbocycles. The largest absolute Gasteiger partial charge is 0.447 e. The Morgan fingerprint density at radius 2 is 1.97 bits per heavy atom. The van der Waals surface area contributed by atoms with Gasteiger partial charge in [-0.05, 0) is 76.5 Å². The van der Waals surface area contributed by atoms with Gasteiger partial charge in [0.2, 0.25) is 11.7 Å². The maximum absolute atomic E-state index is 13.2. The monoisotopic (exact) mass is 484 g/mol. The zero-order chi connectivity index (χ0) is 24.1. The molecule has 4 rings (SSSR count). The smallest absolute Gasteiger partial charge is 0.294 e. The first kappa shape index (κ1) is 24.1. The summed E-state index contributed by atoms with van der Waals surface area (Å²) < 4.78 is 5.77. The summed E-state index contributed by atoms with van der Waals surface area (Å²) in [6, 6.07) is 7.08. The van der Waals surface area contributed by atoms with Crippen LogP contribution >= 0.6 is 11.6 Å². The maximum Gasteiger partial charge on any atom is 0.294 e. The summed E-state index contributed by atoms with van der Waals surface area (Å²) in [6.07, 6.45) is 7.44. The molecule has 1 aliphatic rings. The molecule has 0 bridgehead atoms. The van der Waals surface area contributed by atoms with Gasteiger partial charge in [0.15, 0.2) is 5.58 Å². The highest BCUT2D eigenvalue weighted by atomic mass is 35.5. The van der Waals surface area contributed by atoms with Crippen molar-refractivity contribution >= 4 is 46.0 Å². The number of nitrogens with zero attached hydrogens (tertiary/aromatic N) is 3. The fourth-order valence-electron chi connectivity index (χ4n) is 4.36. The minimum atomic E-state index is -0.534. The van der Waals surface area contributed by atoms with Gasteiger partial charge in [-0.3, -0.25) is 14.6 Å². The van der Waals surface area contributed by atoms with Crippen LogP contribution in [0.25, 0.3) is 11.1 Å². The van der Waals surface area contributed by atoms with Crippen molar-refractivity contribution in [2.24, 2.45) is 11.7 Å². The third-order valence-electron chi connectivity index (χ3n) is 6.28. The molecule has 1 aliphatic carbocycles. The minimum Gasteiger partial charge on any atom is -0.447 e. The van der Waals surface area contributed by atoms with Crippen LogP contribution in [0, 0.1) is 5.92 Å². The lowest BCUT2D eigenvalue weighted by molar-refractivity contribution is -0.121. The molecule has 0 atom stereocenters. The van der Waals surface area contributed by atoms with Crippen molar-refractivity contribution in [2.75, 3.05) is 30.8 Å². The normalized spacial score (nSPS) is 18.2. The lowest BCUT2D eigenvalue weighted by Gasteiger charge is -2.34. The average Bonchev–Trinajstić information content (AvgIpc) is 3.22. The van der Waals surface area contributed by atoms with Crippen LogP contribution in [-0.4, -0.2) is 52.9 Å². The predicted octanol–water partition coefficient (Wildman–Crippen LogP) is 3.91. The topological polar surface area (TPSA) is 126 Å². The van der Waals surface area contributed by atoms with Crippen molar-refractivity contribution in [3.05, 3.63) is 47.4 Å². The molecule has 0 unspecified atom stereocenters. The van der Waals surface area contributed by atoms with Gasteiger partial charge in [0.05, 0.1) is 5.02 Å². The first-order valence-corrected chi connectivity index (χ1v) is 11.9. The van der Waals surface area contributed by atoms with Crippen LogP contribution in [0.3, 0.4) is 0 Å². The highest BCUT2D eigenvalue weighted by Gasteiger charge is 2.30. The van der Waals surface area contributed by atoms with Crippen molar-refractivity contribution < 1.29 is 14.0 Å².